The Labute approximate surface area is 216 Å². The standard InChI is InChI=1S/C27H24F3N7O/c1-36-16-20(15-33-36)25(32-14-17-8-9-17)19-5-3-6-21(11-19)34-26(38)23-12-24(27(28,29)30)35-37(23)22-7-2-4-18(10-22)13-31/h2-7,10-12,15-17,25,32H,8-9,14H2,1H3,(H,34,38). The van der Waals surface area contributed by atoms with Crippen molar-refractivity contribution >= 4 is 11.6 Å². The van der Waals surface area contributed by atoms with E-state index in [0.29, 0.717) is 17.7 Å². The first-order chi connectivity index (χ1) is 18.2. The lowest BCUT2D eigenvalue weighted by atomic mass is 10.0. The molecule has 194 valence electrons. The molecule has 1 unspecified atom stereocenters. The molecular weight excluding hydrogens is 495 g/mol. The Morgan fingerprint density at radius 1 is 1.16 bits per heavy atom. The number of hydrogen-bond acceptors (Lipinski definition) is 5. The van der Waals surface area contributed by atoms with Crippen molar-refractivity contribution in [3.05, 3.63) is 95.1 Å². The lowest BCUT2D eigenvalue weighted by Crippen LogP contribution is -2.24. The number of rotatable bonds is 8. The number of anilines is 1. The third-order valence-corrected chi connectivity index (χ3v) is 6.30. The molecule has 2 aromatic heterocycles. The summed E-state index contributed by atoms with van der Waals surface area (Å²) >= 11 is 0. The normalized spacial score (nSPS) is 14.2. The number of nitrogens with zero attached hydrogens (tertiary/aromatic N) is 5. The monoisotopic (exact) mass is 519 g/mol. The molecule has 1 atom stereocenters. The molecule has 1 aliphatic rings. The molecule has 1 fully saturated rings. The summed E-state index contributed by atoms with van der Waals surface area (Å²) in [4.78, 5) is 13.2. The quantitative estimate of drug-likeness (QED) is 0.347. The molecule has 2 heterocycles. The zero-order valence-corrected chi connectivity index (χ0v) is 20.4. The van der Waals surface area contributed by atoms with Gasteiger partial charge in [0.05, 0.1) is 29.6 Å². The minimum absolute atomic E-state index is 0.166. The molecule has 11 heteroatoms. The van der Waals surface area contributed by atoms with Crippen molar-refractivity contribution in [1.82, 2.24) is 24.9 Å². The zero-order valence-electron chi connectivity index (χ0n) is 20.4. The molecule has 2 aromatic carbocycles. The Morgan fingerprint density at radius 3 is 2.63 bits per heavy atom. The van der Waals surface area contributed by atoms with Crippen LogP contribution in [0.2, 0.25) is 0 Å². The number of nitriles is 1. The lowest BCUT2D eigenvalue weighted by Gasteiger charge is -2.19. The first kappa shape index (κ1) is 25.2. The van der Waals surface area contributed by atoms with Crippen LogP contribution in [-0.4, -0.2) is 32.0 Å². The van der Waals surface area contributed by atoms with Crippen LogP contribution in [0.4, 0.5) is 18.9 Å². The number of carbonyl (C=O) groups excluding carboxylic acids is 1. The fraction of sp³-hybridized carbons (Fsp3) is 0.259. The van der Waals surface area contributed by atoms with Crippen molar-refractivity contribution in [3.63, 3.8) is 0 Å². The number of carbonyl (C=O) groups is 1. The van der Waals surface area contributed by atoms with Crippen LogP contribution >= 0.6 is 0 Å². The van der Waals surface area contributed by atoms with E-state index in [1.54, 1.807) is 29.1 Å². The maximum Gasteiger partial charge on any atom is 0.435 e. The number of benzene rings is 2. The van der Waals surface area contributed by atoms with Crippen LogP contribution in [0.1, 0.15) is 51.8 Å². The third-order valence-electron chi connectivity index (χ3n) is 6.30. The Hall–Kier alpha value is -4.43. The van der Waals surface area contributed by atoms with Crippen molar-refractivity contribution in [2.24, 2.45) is 13.0 Å². The summed E-state index contributed by atoms with van der Waals surface area (Å²) in [7, 11) is 1.84. The van der Waals surface area contributed by atoms with Gasteiger partial charge in [-0.3, -0.25) is 9.48 Å². The van der Waals surface area contributed by atoms with Gasteiger partial charge >= 0.3 is 6.18 Å². The molecule has 1 aliphatic carbocycles. The van der Waals surface area contributed by atoms with Crippen LogP contribution in [0.3, 0.4) is 0 Å². The number of hydrogen-bond donors (Lipinski definition) is 2. The van der Waals surface area contributed by atoms with E-state index >= 15 is 0 Å². The highest BCUT2D eigenvalue weighted by Gasteiger charge is 2.36. The predicted molar refractivity (Wildman–Crippen MR) is 133 cm³/mol. The van der Waals surface area contributed by atoms with E-state index in [-0.39, 0.29) is 23.0 Å². The second-order valence-corrected chi connectivity index (χ2v) is 9.30. The van der Waals surface area contributed by atoms with Crippen LogP contribution in [0, 0.1) is 17.2 Å². The smallest absolute Gasteiger partial charge is 0.321 e. The van der Waals surface area contributed by atoms with Crippen molar-refractivity contribution in [3.8, 4) is 11.8 Å². The molecule has 8 nitrogen and oxygen atoms in total. The molecule has 0 bridgehead atoms. The van der Waals surface area contributed by atoms with Crippen LogP contribution in [0.15, 0.2) is 67.0 Å². The number of amides is 1. The van der Waals surface area contributed by atoms with Gasteiger partial charge in [-0.15, -0.1) is 0 Å². The second-order valence-electron chi connectivity index (χ2n) is 9.30. The molecular formula is C27H24F3N7O. The molecule has 1 saturated carbocycles. The Kier molecular flexibility index (Phi) is 6.73. The molecule has 2 N–H and O–H groups in total. The molecule has 0 radical (unpaired) electrons. The van der Waals surface area contributed by atoms with Gasteiger partial charge in [-0.25, -0.2) is 4.68 Å². The second kappa shape index (κ2) is 10.1. The van der Waals surface area contributed by atoms with E-state index < -0.39 is 17.8 Å². The van der Waals surface area contributed by atoms with Gasteiger partial charge in [0.15, 0.2) is 5.69 Å². The van der Waals surface area contributed by atoms with E-state index in [1.165, 1.54) is 37.1 Å². The van der Waals surface area contributed by atoms with Gasteiger partial charge in [-0.1, -0.05) is 18.2 Å². The highest BCUT2D eigenvalue weighted by Crippen LogP contribution is 2.32. The van der Waals surface area contributed by atoms with Gasteiger partial charge in [-0.05, 0) is 61.2 Å². The van der Waals surface area contributed by atoms with Gasteiger partial charge in [-0.2, -0.15) is 28.6 Å². The largest absolute Gasteiger partial charge is 0.435 e. The Balaban J connectivity index is 1.45. The maximum atomic E-state index is 13.5. The van der Waals surface area contributed by atoms with E-state index in [9.17, 15) is 23.2 Å². The third kappa shape index (κ3) is 5.60. The lowest BCUT2D eigenvalue weighted by molar-refractivity contribution is -0.141. The number of aryl methyl sites for hydroxylation is 1. The van der Waals surface area contributed by atoms with Gasteiger partial charge in [0.2, 0.25) is 0 Å². The first-order valence-electron chi connectivity index (χ1n) is 12.0. The summed E-state index contributed by atoms with van der Waals surface area (Å²) < 4.78 is 43.1. The van der Waals surface area contributed by atoms with Crippen molar-refractivity contribution in [1.29, 1.82) is 5.26 Å². The summed E-state index contributed by atoms with van der Waals surface area (Å²) in [6.07, 6.45) is 1.32. The highest BCUT2D eigenvalue weighted by atomic mass is 19.4. The van der Waals surface area contributed by atoms with E-state index in [0.717, 1.165) is 22.4 Å². The SMILES string of the molecule is Cn1cc(C(NCC2CC2)c2cccc(NC(=O)c3cc(C(F)(F)F)nn3-c3cccc(C#N)c3)c2)cn1. The van der Waals surface area contributed by atoms with Gasteiger partial charge in [0.1, 0.15) is 5.69 Å². The summed E-state index contributed by atoms with van der Waals surface area (Å²) in [6, 6.07) is 15.5. The van der Waals surface area contributed by atoms with Gasteiger partial charge in [0, 0.05) is 30.6 Å². The van der Waals surface area contributed by atoms with Crippen LogP contribution in [-0.2, 0) is 13.2 Å². The van der Waals surface area contributed by atoms with Crippen molar-refractivity contribution in [2.45, 2.75) is 25.1 Å². The fourth-order valence-electron chi connectivity index (χ4n) is 4.20. The Morgan fingerprint density at radius 2 is 1.95 bits per heavy atom. The van der Waals surface area contributed by atoms with Crippen molar-refractivity contribution in [2.75, 3.05) is 11.9 Å². The molecule has 4 aromatic rings. The van der Waals surface area contributed by atoms with Gasteiger partial charge in [0.25, 0.3) is 5.91 Å². The topological polar surface area (TPSA) is 101 Å². The van der Waals surface area contributed by atoms with Crippen LogP contribution < -0.4 is 10.6 Å². The zero-order chi connectivity index (χ0) is 26.9. The number of nitrogens with one attached hydrogen (secondary N) is 2. The summed E-state index contributed by atoms with van der Waals surface area (Å²) in [6.45, 7) is 0.845. The van der Waals surface area contributed by atoms with Crippen LogP contribution in [0.5, 0.6) is 0 Å². The fourth-order valence-corrected chi connectivity index (χ4v) is 4.20. The van der Waals surface area contributed by atoms with E-state index in [1.807, 2.05) is 25.4 Å². The molecule has 0 aliphatic heterocycles. The molecule has 5 rings (SSSR count). The average Bonchev–Trinajstić information content (AvgIpc) is 3.43. The van der Waals surface area contributed by atoms with E-state index in [4.69, 9.17) is 0 Å². The summed E-state index contributed by atoms with van der Waals surface area (Å²) in [5, 5.41) is 23.4. The summed E-state index contributed by atoms with van der Waals surface area (Å²) in [5.74, 6) is -0.129. The minimum Gasteiger partial charge on any atom is -0.321 e. The predicted octanol–water partition coefficient (Wildman–Crippen LogP) is 4.84. The van der Waals surface area contributed by atoms with Crippen LogP contribution in [0.25, 0.3) is 5.69 Å². The minimum atomic E-state index is -4.75. The molecule has 0 spiro atoms. The number of alkyl halides is 3. The highest BCUT2D eigenvalue weighted by molar-refractivity contribution is 6.03. The van der Waals surface area contributed by atoms with E-state index in [2.05, 4.69) is 20.8 Å². The molecule has 0 saturated heterocycles. The maximum absolute atomic E-state index is 13.5. The van der Waals surface area contributed by atoms with Gasteiger partial charge < -0.3 is 10.6 Å². The number of halogens is 3. The number of aromatic nitrogens is 4. The first-order valence-corrected chi connectivity index (χ1v) is 12.0. The molecule has 1 amide bonds. The van der Waals surface area contributed by atoms with Crippen molar-refractivity contribution < 1.29 is 18.0 Å². The average molecular weight is 520 g/mol. The summed E-state index contributed by atoms with van der Waals surface area (Å²) in [5.41, 5.74) is 1.13. The Bertz CT molecular complexity index is 1510. The molecule has 38 heavy (non-hydrogen) atoms.